The Morgan fingerprint density at radius 3 is 1.20 bits per heavy atom. The summed E-state index contributed by atoms with van der Waals surface area (Å²) in [6.45, 7) is 4.37. The third-order valence-electron chi connectivity index (χ3n) is 14.7. The summed E-state index contributed by atoms with van der Waals surface area (Å²) in [5, 5.41) is 0. The number of halogens is 6. The number of rotatable bonds is 18. The Hall–Kier alpha value is -3.06. The van der Waals surface area contributed by atoms with Crippen LogP contribution in [0.15, 0.2) is 108 Å². The van der Waals surface area contributed by atoms with E-state index < -0.39 is 47.2 Å². The monoisotopic (exact) mass is 823 g/mol. The van der Waals surface area contributed by atoms with Crippen LogP contribution in [0.3, 0.4) is 0 Å². The molecule has 0 bridgehead atoms. The van der Waals surface area contributed by atoms with Crippen LogP contribution in [0.5, 0.6) is 0 Å². The summed E-state index contributed by atoms with van der Waals surface area (Å²) in [5.74, 6) is 0.0394. The summed E-state index contributed by atoms with van der Waals surface area (Å²) < 4.78 is 98.6. The van der Waals surface area contributed by atoms with Gasteiger partial charge < -0.3 is 4.74 Å². The average molecular weight is 823 g/mol. The molecule has 4 unspecified atom stereocenters. The predicted octanol–water partition coefficient (Wildman–Crippen LogP) is 16.9. The Morgan fingerprint density at radius 2 is 0.898 bits per heavy atom. The summed E-state index contributed by atoms with van der Waals surface area (Å²) in [5.41, 5.74) is -1.04. The predicted molar refractivity (Wildman–Crippen MR) is 229 cm³/mol. The van der Waals surface area contributed by atoms with Crippen molar-refractivity contribution in [2.24, 2.45) is 34.5 Å². The lowest BCUT2D eigenvalue weighted by molar-refractivity contribution is -0.227. The first-order valence-electron chi connectivity index (χ1n) is 23.1. The first-order valence-corrected chi connectivity index (χ1v) is 23.1. The fourth-order valence-corrected chi connectivity index (χ4v) is 11.0. The summed E-state index contributed by atoms with van der Waals surface area (Å²) in [6.07, 6.45) is 16.2. The van der Waals surface area contributed by atoms with Crippen LogP contribution in [0, 0.1) is 34.5 Å². The van der Waals surface area contributed by atoms with Gasteiger partial charge in [-0.2, -0.15) is 26.3 Å². The van der Waals surface area contributed by atoms with Gasteiger partial charge in [0.15, 0.2) is 0 Å². The van der Waals surface area contributed by atoms with E-state index in [1.165, 1.54) is 50.7 Å². The number of ether oxygens (including phenoxy) is 1. The Labute approximate surface area is 350 Å². The van der Waals surface area contributed by atoms with Crippen molar-refractivity contribution in [1.29, 1.82) is 0 Å². The third-order valence-corrected chi connectivity index (χ3v) is 14.7. The molecule has 0 spiro atoms. The van der Waals surface area contributed by atoms with Crippen LogP contribution in [0.4, 0.5) is 26.3 Å². The van der Waals surface area contributed by atoms with Gasteiger partial charge in [-0.1, -0.05) is 201 Å². The van der Waals surface area contributed by atoms with Crippen molar-refractivity contribution in [2.75, 3.05) is 0 Å². The van der Waals surface area contributed by atoms with Crippen molar-refractivity contribution >= 4 is 0 Å². The Kier molecular flexibility index (Phi) is 15.9. The molecular weight excluding hydrogens is 755 g/mol. The minimum Gasteiger partial charge on any atom is -0.356 e. The molecule has 324 valence electrons. The van der Waals surface area contributed by atoms with E-state index in [-0.39, 0.29) is 12.8 Å². The van der Waals surface area contributed by atoms with Gasteiger partial charge in [-0.05, 0) is 84.5 Å². The van der Waals surface area contributed by atoms with Crippen molar-refractivity contribution in [3.63, 3.8) is 0 Å². The van der Waals surface area contributed by atoms with Crippen molar-refractivity contribution in [2.45, 2.75) is 167 Å². The second-order valence-corrected chi connectivity index (χ2v) is 18.4. The Morgan fingerprint density at radius 1 is 0.525 bits per heavy atom. The van der Waals surface area contributed by atoms with Crippen molar-refractivity contribution in [1.82, 2.24) is 0 Å². The summed E-state index contributed by atoms with van der Waals surface area (Å²) >= 11 is 0. The summed E-state index contributed by atoms with van der Waals surface area (Å²) in [4.78, 5) is 0. The highest BCUT2D eigenvalue weighted by Gasteiger charge is 2.59. The molecule has 2 fully saturated rings. The molecule has 2 aromatic rings. The second kappa shape index (κ2) is 20.7. The molecule has 0 heterocycles. The van der Waals surface area contributed by atoms with E-state index in [0.717, 1.165) is 62.5 Å². The van der Waals surface area contributed by atoms with E-state index in [9.17, 15) is 0 Å². The number of hydrogen-bond donors (Lipinski definition) is 0. The number of hydrogen-bond acceptors (Lipinski definition) is 1. The highest BCUT2D eigenvalue weighted by atomic mass is 19.4. The molecule has 0 aliphatic heterocycles. The van der Waals surface area contributed by atoms with Crippen LogP contribution in [-0.2, 0) is 4.74 Å². The summed E-state index contributed by atoms with van der Waals surface area (Å²) in [6, 6.07) is 19.0. The molecule has 4 aliphatic rings. The van der Waals surface area contributed by atoms with Gasteiger partial charge >= 0.3 is 12.4 Å². The molecule has 0 aromatic heterocycles. The number of benzene rings is 2. The normalized spacial score (nSPS) is 28.8. The van der Waals surface area contributed by atoms with Crippen LogP contribution in [-0.4, -0.2) is 12.4 Å². The molecule has 2 saturated carbocycles. The van der Waals surface area contributed by atoms with Crippen LogP contribution in [0.1, 0.15) is 166 Å². The lowest BCUT2D eigenvalue weighted by atomic mass is 9.62. The van der Waals surface area contributed by atoms with E-state index in [1.807, 2.05) is 60.7 Å². The standard InChI is InChI=1S/C52H68F6O/c1-3-5-7-11-17-39-23-27-45(28-24-39)49(51(53,54)55)35-31-43(32-36-49)47(41-19-13-9-14-20-41)59-48(42-21-15-10-16-22-42)44-33-37-50(38-34-44,52(56,57)58)46-29-25-40(26-30-46)18-12-8-6-4-2/h9-10,13-16,19-22,31-35,37,39-40,45-48H,3-8,11-12,17-18,23-30,36,38H2,1-2H3. The molecule has 4 atom stereocenters. The van der Waals surface area contributed by atoms with Gasteiger partial charge in [0, 0.05) is 0 Å². The molecule has 2 aromatic carbocycles. The molecular formula is C52H68F6O. The van der Waals surface area contributed by atoms with E-state index in [4.69, 9.17) is 4.74 Å². The zero-order chi connectivity index (χ0) is 41.9. The summed E-state index contributed by atoms with van der Waals surface area (Å²) in [7, 11) is 0. The quantitative estimate of drug-likeness (QED) is 0.107. The second-order valence-electron chi connectivity index (χ2n) is 18.4. The SMILES string of the molecule is CCCCCCC1CCC(C2(C(F)(F)F)C=CC(C(OC(C3=CCC(C4CCC(CCCCCC)CC4)(C(F)(F)F)C=C3)c3ccccc3)c3ccccc3)=CC2)CC1. The number of unbranched alkanes of at least 4 members (excludes halogenated alkanes) is 6. The number of alkyl halides is 6. The minimum atomic E-state index is -4.41. The molecule has 59 heavy (non-hydrogen) atoms. The van der Waals surface area contributed by atoms with Crippen LogP contribution in [0.2, 0.25) is 0 Å². The average Bonchev–Trinajstić information content (AvgIpc) is 3.25. The molecule has 0 saturated heterocycles. The lowest BCUT2D eigenvalue weighted by Crippen LogP contribution is -2.45. The van der Waals surface area contributed by atoms with E-state index in [2.05, 4.69) is 13.8 Å². The van der Waals surface area contributed by atoms with E-state index in [0.29, 0.717) is 48.7 Å². The largest absolute Gasteiger partial charge is 0.398 e. The first kappa shape index (κ1) is 45.5. The van der Waals surface area contributed by atoms with Gasteiger partial charge in [0.25, 0.3) is 0 Å². The van der Waals surface area contributed by atoms with Crippen molar-refractivity contribution in [3.8, 4) is 0 Å². The van der Waals surface area contributed by atoms with E-state index >= 15 is 26.3 Å². The van der Waals surface area contributed by atoms with Crippen molar-refractivity contribution in [3.05, 3.63) is 119 Å². The third kappa shape index (κ3) is 10.9. The maximum atomic E-state index is 15.3. The molecule has 6 rings (SSSR count). The fraction of sp³-hybridized carbons (Fsp3) is 0.615. The highest BCUT2D eigenvalue weighted by molar-refractivity contribution is 5.41. The van der Waals surface area contributed by atoms with Gasteiger partial charge in [-0.25, -0.2) is 0 Å². The first-order chi connectivity index (χ1) is 28.4. The minimum absolute atomic E-state index is 0.158. The lowest BCUT2D eigenvalue weighted by Gasteiger charge is -2.45. The topological polar surface area (TPSA) is 9.23 Å². The number of allylic oxidation sites excluding steroid dienone is 4. The maximum Gasteiger partial charge on any atom is 0.398 e. The van der Waals surface area contributed by atoms with Crippen LogP contribution >= 0.6 is 0 Å². The van der Waals surface area contributed by atoms with Gasteiger partial charge in [0.2, 0.25) is 0 Å². The Balaban J connectivity index is 1.23. The zero-order valence-electron chi connectivity index (χ0n) is 35.5. The maximum absolute atomic E-state index is 15.3. The van der Waals surface area contributed by atoms with Crippen molar-refractivity contribution < 1.29 is 31.1 Å². The van der Waals surface area contributed by atoms with Gasteiger partial charge in [-0.3, -0.25) is 0 Å². The molecule has 4 aliphatic carbocycles. The molecule has 0 amide bonds. The zero-order valence-corrected chi connectivity index (χ0v) is 35.5. The van der Waals surface area contributed by atoms with Crippen LogP contribution in [0.25, 0.3) is 0 Å². The smallest absolute Gasteiger partial charge is 0.356 e. The van der Waals surface area contributed by atoms with Crippen LogP contribution < -0.4 is 0 Å². The Bertz CT molecular complexity index is 1560. The van der Waals surface area contributed by atoms with E-state index in [1.54, 1.807) is 24.3 Å². The highest BCUT2D eigenvalue weighted by Crippen LogP contribution is 2.58. The fourth-order valence-electron chi connectivity index (χ4n) is 11.0. The molecule has 0 N–H and O–H groups in total. The molecule has 7 heteroatoms. The molecule has 1 nitrogen and oxygen atoms in total. The van der Waals surface area contributed by atoms with Gasteiger partial charge in [0.1, 0.15) is 12.2 Å². The van der Waals surface area contributed by atoms with Gasteiger partial charge in [-0.15, -0.1) is 0 Å². The van der Waals surface area contributed by atoms with Gasteiger partial charge in [0.05, 0.1) is 10.8 Å². The molecule has 0 radical (unpaired) electrons.